The molecule has 33 heavy (non-hydrogen) atoms. The summed E-state index contributed by atoms with van der Waals surface area (Å²) in [5.41, 5.74) is 2.06. The molecule has 3 aromatic rings. The number of thiocarbonyl (C=S) groups is 1. The maximum atomic E-state index is 13.0. The minimum absolute atomic E-state index is 0.0452. The van der Waals surface area contributed by atoms with Gasteiger partial charge in [0.05, 0.1) is 11.3 Å². The summed E-state index contributed by atoms with van der Waals surface area (Å²) in [4.78, 5) is 29.5. The van der Waals surface area contributed by atoms with Crippen LogP contribution in [0.25, 0.3) is 16.8 Å². The van der Waals surface area contributed by atoms with Crippen LogP contribution in [-0.4, -0.2) is 60.0 Å². The number of carbonyl (C=O) groups is 2. The number of piperazine rings is 1. The van der Waals surface area contributed by atoms with Crippen LogP contribution in [0.5, 0.6) is 0 Å². The second-order valence-electron chi connectivity index (χ2n) is 7.99. The van der Waals surface area contributed by atoms with E-state index < -0.39 is 0 Å². The van der Waals surface area contributed by atoms with Crippen LogP contribution in [0.2, 0.25) is 0 Å². The Morgan fingerprint density at radius 1 is 0.909 bits per heavy atom. The summed E-state index contributed by atoms with van der Waals surface area (Å²) in [5, 5.41) is 7.99. The molecule has 7 heteroatoms. The van der Waals surface area contributed by atoms with Crippen molar-refractivity contribution >= 4 is 51.7 Å². The van der Waals surface area contributed by atoms with Crippen molar-refractivity contribution < 1.29 is 9.59 Å². The zero-order valence-corrected chi connectivity index (χ0v) is 19.3. The van der Waals surface area contributed by atoms with Crippen molar-refractivity contribution in [2.75, 3.05) is 38.5 Å². The Balaban J connectivity index is 1.40. The smallest absolute Gasteiger partial charge is 0.256 e. The van der Waals surface area contributed by atoms with Gasteiger partial charge in [-0.2, -0.15) is 0 Å². The van der Waals surface area contributed by atoms with Crippen molar-refractivity contribution in [3.05, 3.63) is 83.9 Å². The maximum absolute atomic E-state index is 13.0. The molecule has 0 aliphatic carbocycles. The molecule has 4 rings (SSSR count). The Bertz CT molecular complexity index is 1210. The number of anilines is 1. The number of hydrogen-bond donors (Lipinski definition) is 2. The standard InChI is InChI=1S/C26H26N4O2S/c1-29-15-17-30(18-16-29)25(32)22-11-4-5-12-23(22)27-26(33)28-24(31)14-13-20-9-6-8-19-7-2-3-10-21(19)20/h2-14H,15-18H2,1H3,(H2,27,28,31,33). The van der Waals surface area contributed by atoms with Crippen molar-refractivity contribution in [3.63, 3.8) is 0 Å². The third-order valence-corrected chi connectivity index (χ3v) is 5.87. The van der Waals surface area contributed by atoms with Crippen molar-refractivity contribution in [1.29, 1.82) is 0 Å². The van der Waals surface area contributed by atoms with Crippen LogP contribution in [0, 0.1) is 0 Å². The average molecular weight is 459 g/mol. The van der Waals surface area contributed by atoms with E-state index in [0.29, 0.717) is 24.3 Å². The molecular weight excluding hydrogens is 432 g/mol. The largest absolute Gasteiger partial charge is 0.336 e. The van der Waals surface area contributed by atoms with Crippen molar-refractivity contribution in [2.45, 2.75) is 0 Å². The molecule has 3 aromatic carbocycles. The number of fused-ring (bicyclic) bond motifs is 1. The van der Waals surface area contributed by atoms with Gasteiger partial charge in [0.2, 0.25) is 5.91 Å². The van der Waals surface area contributed by atoms with E-state index in [-0.39, 0.29) is 16.9 Å². The molecule has 0 atom stereocenters. The lowest BCUT2D eigenvalue weighted by atomic mass is 10.0. The molecule has 2 amide bonds. The topological polar surface area (TPSA) is 64.7 Å². The van der Waals surface area contributed by atoms with E-state index in [1.54, 1.807) is 18.2 Å². The van der Waals surface area contributed by atoms with Crippen LogP contribution in [0.3, 0.4) is 0 Å². The number of para-hydroxylation sites is 1. The van der Waals surface area contributed by atoms with E-state index in [1.807, 2.05) is 66.5 Å². The Kier molecular flexibility index (Phi) is 7.12. The van der Waals surface area contributed by atoms with Crippen LogP contribution in [0.15, 0.2) is 72.8 Å². The van der Waals surface area contributed by atoms with Gasteiger partial charge in [-0.1, -0.05) is 54.6 Å². The van der Waals surface area contributed by atoms with Gasteiger partial charge >= 0.3 is 0 Å². The molecule has 6 nitrogen and oxygen atoms in total. The number of benzene rings is 3. The Labute approximate surface area is 198 Å². The van der Waals surface area contributed by atoms with Gasteiger partial charge in [-0.3, -0.25) is 14.9 Å². The Morgan fingerprint density at radius 2 is 1.61 bits per heavy atom. The highest BCUT2D eigenvalue weighted by Crippen LogP contribution is 2.20. The minimum atomic E-state index is -0.344. The van der Waals surface area contributed by atoms with Gasteiger partial charge < -0.3 is 15.1 Å². The first-order chi connectivity index (χ1) is 16.0. The predicted octanol–water partition coefficient (Wildman–Crippen LogP) is 3.75. The van der Waals surface area contributed by atoms with Crippen LogP contribution in [-0.2, 0) is 4.79 Å². The van der Waals surface area contributed by atoms with E-state index in [4.69, 9.17) is 12.2 Å². The molecule has 1 fully saturated rings. The number of amides is 2. The molecule has 1 heterocycles. The molecule has 1 aliphatic heterocycles. The predicted molar refractivity (Wildman–Crippen MR) is 137 cm³/mol. The second-order valence-corrected chi connectivity index (χ2v) is 8.39. The third-order valence-electron chi connectivity index (χ3n) is 5.67. The summed E-state index contributed by atoms with van der Waals surface area (Å²) in [6.07, 6.45) is 3.22. The summed E-state index contributed by atoms with van der Waals surface area (Å²) in [6, 6.07) is 21.2. The molecule has 2 N–H and O–H groups in total. The highest BCUT2D eigenvalue weighted by atomic mass is 32.1. The summed E-state index contributed by atoms with van der Waals surface area (Å²) in [5.74, 6) is -0.389. The van der Waals surface area contributed by atoms with Gasteiger partial charge in [0.1, 0.15) is 0 Å². The van der Waals surface area contributed by atoms with Crippen molar-refractivity contribution in [3.8, 4) is 0 Å². The fraction of sp³-hybridized carbons (Fsp3) is 0.192. The fourth-order valence-electron chi connectivity index (χ4n) is 3.83. The number of rotatable bonds is 4. The molecule has 1 saturated heterocycles. The van der Waals surface area contributed by atoms with E-state index in [1.165, 1.54) is 6.08 Å². The molecule has 1 aliphatic rings. The summed E-state index contributed by atoms with van der Waals surface area (Å²) < 4.78 is 0. The van der Waals surface area contributed by atoms with Crippen molar-refractivity contribution in [2.24, 2.45) is 0 Å². The minimum Gasteiger partial charge on any atom is -0.336 e. The normalized spacial score (nSPS) is 14.4. The van der Waals surface area contributed by atoms with Crippen LogP contribution in [0.4, 0.5) is 5.69 Å². The first kappa shape index (κ1) is 22.6. The average Bonchev–Trinajstić information content (AvgIpc) is 2.83. The van der Waals surface area contributed by atoms with Crippen molar-refractivity contribution in [1.82, 2.24) is 15.1 Å². The summed E-state index contributed by atoms with van der Waals surface area (Å²) in [6.45, 7) is 3.06. The highest BCUT2D eigenvalue weighted by molar-refractivity contribution is 7.80. The number of likely N-dealkylation sites (N-methyl/N-ethyl adjacent to an activating group) is 1. The van der Waals surface area contributed by atoms with E-state index in [0.717, 1.165) is 29.4 Å². The Morgan fingerprint density at radius 3 is 2.42 bits per heavy atom. The van der Waals surface area contributed by atoms with Gasteiger partial charge in [-0.05, 0) is 53.8 Å². The molecule has 0 bridgehead atoms. The first-order valence-electron chi connectivity index (χ1n) is 10.9. The SMILES string of the molecule is CN1CCN(C(=O)c2ccccc2NC(=S)NC(=O)C=Cc2cccc3ccccc23)CC1. The molecule has 0 saturated carbocycles. The molecule has 0 radical (unpaired) electrons. The second kappa shape index (κ2) is 10.4. The van der Waals surface area contributed by atoms with E-state index >= 15 is 0 Å². The molecule has 0 aromatic heterocycles. The zero-order chi connectivity index (χ0) is 23.2. The molecular formula is C26H26N4O2S. The zero-order valence-electron chi connectivity index (χ0n) is 18.5. The van der Waals surface area contributed by atoms with Gasteiger partial charge in [-0.25, -0.2) is 0 Å². The lowest BCUT2D eigenvalue weighted by Gasteiger charge is -2.32. The monoisotopic (exact) mass is 458 g/mol. The summed E-state index contributed by atoms with van der Waals surface area (Å²) >= 11 is 5.33. The fourth-order valence-corrected chi connectivity index (χ4v) is 4.04. The number of carbonyl (C=O) groups excluding carboxylic acids is 2. The van der Waals surface area contributed by atoms with Gasteiger partial charge in [0.15, 0.2) is 5.11 Å². The number of nitrogens with zero attached hydrogens (tertiary/aromatic N) is 2. The first-order valence-corrected chi connectivity index (χ1v) is 11.3. The van der Waals surface area contributed by atoms with E-state index in [9.17, 15) is 9.59 Å². The van der Waals surface area contributed by atoms with Gasteiger partial charge in [0.25, 0.3) is 5.91 Å². The van der Waals surface area contributed by atoms with Crippen LogP contribution < -0.4 is 10.6 Å². The molecule has 168 valence electrons. The van der Waals surface area contributed by atoms with Gasteiger partial charge in [-0.15, -0.1) is 0 Å². The van der Waals surface area contributed by atoms with E-state index in [2.05, 4.69) is 15.5 Å². The summed E-state index contributed by atoms with van der Waals surface area (Å²) in [7, 11) is 2.05. The molecule has 0 unspecified atom stereocenters. The highest BCUT2D eigenvalue weighted by Gasteiger charge is 2.22. The van der Waals surface area contributed by atoms with Crippen LogP contribution in [0.1, 0.15) is 15.9 Å². The Hall–Kier alpha value is -3.55. The lowest BCUT2D eigenvalue weighted by Crippen LogP contribution is -2.47. The quantitative estimate of drug-likeness (QED) is 0.461. The number of hydrogen-bond acceptors (Lipinski definition) is 4. The number of nitrogens with one attached hydrogen (secondary N) is 2. The lowest BCUT2D eigenvalue weighted by molar-refractivity contribution is -0.115. The third kappa shape index (κ3) is 5.63. The van der Waals surface area contributed by atoms with Gasteiger partial charge in [0, 0.05) is 32.3 Å². The maximum Gasteiger partial charge on any atom is 0.256 e. The molecule has 0 spiro atoms. The van der Waals surface area contributed by atoms with Crippen LogP contribution >= 0.6 is 12.2 Å².